The fourth-order valence-electron chi connectivity index (χ4n) is 1.13. The zero-order chi connectivity index (χ0) is 14.0. The van der Waals surface area contributed by atoms with Crippen LogP contribution in [-0.2, 0) is 20.0 Å². The van der Waals surface area contributed by atoms with Crippen molar-refractivity contribution in [3.63, 3.8) is 0 Å². The molecule has 1 aromatic carbocycles. The van der Waals surface area contributed by atoms with E-state index in [1.54, 1.807) is 0 Å². The van der Waals surface area contributed by atoms with Gasteiger partial charge in [0.1, 0.15) is 5.82 Å². The van der Waals surface area contributed by atoms with Crippen molar-refractivity contribution in [2.45, 2.75) is 6.92 Å². The molecule has 0 atom stereocenters. The third-order valence-corrected chi connectivity index (χ3v) is 3.80. The maximum atomic E-state index is 13.0. The summed E-state index contributed by atoms with van der Waals surface area (Å²) in [5.74, 6) is -0.884. The second-order valence-electron chi connectivity index (χ2n) is 3.57. The van der Waals surface area contributed by atoms with E-state index in [0.717, 1.165) is 24.5 Å². The van der Waals surface area contributed by atoms with Gasteiger partial charge in [0.15, 0.2) is 0 Å². The van der Waals surface area contributed by atoms with E-state index in [0.29, 0.717) is 0 Å². The molecule has 0 unspecified atom stereocenters. The van der Waals surface area contributed by atoms with E-state index < -0.39 is 25.9 Å². The lowest BCUT2D eigenvalue weighted by molar-refractivity contribution is 0.601. The Morgan fingerprint density at radius 3 is 2.22 bits per heavy atom. The minimum Gasteiger partial charge on any atom is -0.282 e. The van der Waals surface area contributed by atoms with Crippen LogP contribution in [0.15, 0.2) is 18.2 Å². The van der Waals surface area contributed by atoms with Gasteiger partial charge in [0.05, 0.1) is 23.4 Å². The van der Waals surface area contributed by atoms with Crippen LogP contribution in [0.25, 0.3) is 0 Å². The summed E-state index contributed by atoms with van der Waals surface area (Å²) in [5.41, 5.74) is -0.182. The lowest BCUT2D eigenvalue weighted by atomic mass is 10.3. The Kier molecular flexibility index (Phi) is 4.17. The molecule has 0 fully saturated rings. The summed E-state index contributed by atoms with van der Waals surface area (Å²) >= 11 is 0. The van der Waals surface area contributed by atoms with Gasteiger partial charge < -0.3 is 0 Å². The average Bonchev–Trinajstić information content (AvgIpc) is 2.20. The van der Waals surface area contributed by atoms with Crippen molar-refractivity contribution < 1.29 is 21.2 Å². The van der Waals surface area contributed by atoms with E-state index in [-0.39, 0.29) is 17.1 Å². The molecule has 1 aromatic rings. The highest BCUT2D eigenvalue weighted by molar-refractivity contribution is 7.92. The van der Waals surface area contributed by atoms with E-state index in [4.69, 9.17) is 0 Å². The Hall–Kier alpha value is -1.35. The fourth-order valence-corrected chi connectivity index (χ4v) is 2.36. The first-order chi connectivity index (χ1) is 8.13. The van der Waals surface area contributed by atoms with E-state index in [2.05, 4.69) is 9.44 Å². The van der Waals surface area contributed by atoms with E-state index in [9.17, 15) is 21.2 Å². The maximum Gasteiger partial charge on any atom is 0.232 e. The van der Waals surface area contributed by atoms with Crippen molar-refractivity contribution in [2.24, 2.45) is 0 Å². The SMILES string of the molecule is CCS(=O)(=O)Nc1cc(F)ccc1NS(C)(=O)=O. The highest BCUT2D eigenvalue weighted by atomic mass is 32.2. The van der Waals surface area contributed by atoms with Crippen molar-refractivity contribution >= 4 is 31.4 Å². The van der Waals surface area contributed by atoms with Crippen LogP contribution in [0.1, 0.15) is 6.92 Å². The normalized spacial score (nSPS) is 12.2. The van der Waals surface area contributed by atoms with Gasteiger partial charge in [0.25, 0.3) is 0 Å². The van der Waals surface area contributed by atoms with Crippen molar-refractivity contribution in [2.75, 3.05) is 21.5 Å². The van der Waals surface area contributed by atoms with Crippen molar-refractivity contribution in [3.8, 4) is 0 Å². The summed E-state index contributed by atoms with van der Waals surface area (Å²) in [6.07, 6.45) is 0.911. The third-order valence-electron chi connectivity index (χ3n) is 1.92. The number of hydrogen-bond acceptors (Lipinski definition) is 4. The van der Waals surface area contributed by atoms with Gasteiger partial charge in [-0.05, 0) is 19.1 Å². The van der Waals surface area contributed by atoms with Crippen LogP contribution in [0, 0.1) is 5.82 Å². The molecule has 0 aliphatic heterocycles. The molecule has 0 aromatic heterocycles. The quantitative estimate of drug-likeness (QED) is 0.846. The van der Waals surface area contributed by atoms with Crippen LogP contribution >= 0.6 is 0 Å². The molecule has 6 nitrogen and oxygen atoms in total. The molecule has 0 saturated heterocycles. The molecule has 9 heteroatoms. The third kappa shape index (κ3) is 4.49. The van der Waals surface area contributed by atoms with Crippen LogP contribution in [-0.4, -0.2) is 28.8 Å². The summed E-state index contributed by atoms with van der Waals surface area (Å²) in [5, 5.41) is 0. The first kappa shape index (κ1) is 14.7. The Morgan fingerprint density at radius 2 is 1.72 bits per heavy atom. The van der Waals surface area contributed by atoms with E-state index >= 15 is 0 Å². The number of benzene rings is 1. The number of anilines is 2. The molecule has 0 radical (unpaired) electrons. The minimum atomic E-state index is -3.62. The molecular formula is C9H13FN2O4S2. The van der Waals surface area contributed by atoms with Crippen molar-refractivity contribution in [1.29, 1.82) is 0 Å². The molecule has 0 aliphatic rings. The van der Waals surface area contributed by atoms with Gasteiger partial charge in [-0.3, -0.25) is 9.44 Å². The molecule has 0 amide bonds. The molecule has 1 rings (SSSR count). The van der Waals surface area contributed by atoms with Gasteiger partial charge in [0.2, 0.25) is 20.0 Å². The first-order valence-corrected chi connectivity index (χ1v) is 8.45. The van der Waals surface area contributed by atoms with Gasteiger partial charge >= 0.3 is 0 Å². The lowest BCUT2D eigenvalue weighted by Crippen LogP contribution is -2.17. The molecule has 0 spiro atoms. The molecular weight excluding hydrogens is 283 g/mol. The highest BCUT2D eigenvalue weighted by Crippen LogP contribution is 2.24. The largest absolute Gasteiger partial charge is 0.282 e. The first-order valence-electron chi connectivity index (χ1n) is 4.91. The molecule has 18 heavy (non-hydrogen) atoms. The minimum absolute atomic E-state index is 0.0316. The molecule has 2 N–H and O–H groups in total. The predicted molar refractivity (Wildman–Crippen MR) is 68.0 cm³/mol. The maximum absolute atomic E-state index is 13.0. The van der Waals surface area contributed by atoms with Crippen LogP contribution < -0.4 is 9.44 Å². The number of sulfonamides is 2. The summed E-state index contributed by atoms with van der Waals surface area (Å²) in [6.45, 7) is 1.41. The molecule has 102 valence electrons. The monoisotopic (exact) mass is 296 g/mol. The van der Waals surface area contributed by atoms with Crippen LogP contribution in [0.2, 0.25) is 0 Å². The average molecular weight is 296 g/mol. The number of halogens is 1. The highest BCUT2D eigenvalue weighted by Gasteiger charge is 2.13. The zero-order valence-electron chi connectivity index (χ0n) is 9.77. The summed E-state index contributed by atoms with van der Waals surface area (Å²) in [4.78, 5) is 0. The lowest BCUT2D eigenvalue weighted by Gasteiger charge is -2.12. The van der Waals surface area contributed by atoms with Crippen LogP contribution in [0.3, 0.4) is 0 Å². The van der Waals surface area contributed by atoms with Crippen LogP contribution in [0.4, 0.5) is 15.8 Å². The second-order valence-corrected chi connectivity index (χ2v) is 7.33. The van der Waals surface area contributed by atoms with E-state index in [1.165, 1.54) is 6.92 Å². The summed E-state index contributed by atoms with van der Waals surface area (Å²) in [6, 6.07) is 3.07. The summed E-state index contributed by atoms with van der Waals surface area (Å²) in [7, 11) is -7.20. The van der Waals surface area contributed by atoms with Gasteiger partial charge in [-0.25, -0.2) is 21.2 Å². The molecule has 0 bridgehead atoms. The van der Waals surface area contributed by atoms with Gasteiger partial charge in [-0.15, -0.1) is 0 Å². The molecule has 0 saturated carbocycles. The Bertz CT molecular complexity index is 641. The smallest absolute Gasteiger partial charge is 0.232 e. The van der Waals surface area contributed by atoms with Gasteiger partial charge in [-0.1, -0.05) is 0 Å². The molecule has 0 aliphatic carbocycles. The fraction of sp³-hybridized carbons (Fsp3) is 0.333. The number of nitrogens with one attached hydrogen (secondary N) is 2. The molecule has 0 heterocycles. The summed E-state index contributed by atoms with van der Waals surface area (Å²) < 4.78 is 62.2. The second kappa shape index (κ2) is 5.11. The Labute approximate surface area is 105 Å². The van der Waals surface area contributed by atoms with E-state index in [1.807, 2.05) is 0 Å². The predicted octanol–water partition coefficient (Wildman–Crippen LogP) is 0.959. The zero-order valence-corrected chi connectivity index (χ0v) is 11.4. The Morgan fingerprint density at radius 1 is 1.11 bits per heavy atom. The topological polar surface area (TPSA) is 92.3 Å². The number of hydrogen-bond donors (Lipinski definition) is 2. The standard InChI is InChI=1S/C9H13FN2O4S2/c1-3-18(15,16)12-9-6-7(10)4-5-8(9)11-17(2,13)14/h4-6,11-12H,3H2,1-2H3. The van der Waals surface area contributed by atoms with Crippen molar-refractivity contribution in [1.82, 2.24) is 0 Å². The number of rotatable bonds is 5. The Balaban J connectivity index is 3.20. The van der Waals surface area contributed by atoms with Crippen molar-refractivity contribution in [3.05, 3.63) is 24.0 Å². The van der Waals surface area contributed by atoms with Crippen LogP contribution in [0.5, 0.6) is 0 Å². The van der Waals surface area contributed by atoms with Gasteiger partial charge in [0, 0.05) is 6.07 Å². The van der Waals surface area contributed by atoms with Gasteiger partial charge in [-0.2, -0.15) is 0 Å².